The van der Waals surface area contributed by atoms with Gasteiger partial charge in [0.15, 0.2) is 5.75 Å². The highest BCUT2D eigenvalue weighted by Gasteiger charge is 2.31. The molecule has 218 valence electrons. The van der Waals surface area contributed by atoms with Crippen LogP contribution >= 0.6 is 66.1 Å². The SMILES string of the molecule is O=C(Oc1c(Br)cc(Br)cc1C=NNC(=O)c1[nH]c2ccc(I)cc2c1-c1ccccc1Cl)c1cccc(C(F)(F)F)c1. The van der Waals surface area contributed by atoms with E-state index < -0.39 is 23.6 Å². The van der Waals surface area contributed by atoms with Gasteiger partial charge in [-0.05, 0) is 93.1 Å². The molecule has 0 radical (unpaired) electrons. The normalized spacial score (nSPS) is 11.7. The maximum atomic E-state index is 13.4. The minimum atomic E-state index is -4.63. The summed E-state index contributed by atoms with van der Waals surface area (Å²) in [5.74, 6) is -1.58. The lowest BCUT2D eigenvalue weighted by atomic mass is 10.0. The smallest absolute Gasteiger partial charge is 0.416 e. The molecule has 13 heteroatoms. The number of aromatic amines is 1. The third-order valence-electron chi connectivity index (χ3n) is 6.16. The monoisotopic (exact) mass is 843 g/mol. The van der Waals surface area contributed by atoms with Gasteiger partial charge in [0, 0.05) is 40.7 Å². The number of aromatic nitrogens is 1. The molecule has 0 saturated carbocycles. The molecule has 5 aromatic rings. The van der Waals surface area contributed by atoms with E-state index in [9.17, 15) is 22.8 Å². The summed E-state index contributed by atoms with van der Waals surface area (Å²) in [6.45, 7) is 0. The van der Waals surface area contributed by atoms with Crippen LogP contribution in [0.3, 0.4) is 0 Å². The molecule has 0 saturated heterocycles. The Morgan fingerprint density at radius 1 is 1.00 bits per heavy atom. The number of hydrogen-bond acceptors (Lipinski definition) is 4. The van der Waals surface area contributed by atoms with Gasteiger partial charge in [-0.3, -0.25) is 4.79 Å². The van der Waals surface area contributed by atoms with E-state index in [2.05, 4.69) is 70.0 Å². The topological polar surface area (TPSA) is 83.5 Å². The molecule has 0 aliphatic carbocycles. The van der Waals surface area contributed by atoms with Crippen LogP contribution in [0.15, 0.2) is 92.9 Å². The van der Waals surface area contributed by atoms with E-state index in [0.717, 1.165) is 26.6 Å². The Morgan fingerprint density at radius 3 is 2.51 bits per heavy atom. The molecular weight excluding hydrogens is 830 g/mol. The van der Waals surface area contributed by atoms with Crippen LogP contribution < -0.4 is 10.2 Å². The molecule has 43 heavy (non-hydrogen) atoms. The summed E-state index contributed by atoms with van der Waals surface area (Å²) in [6.07, 6.45) is -3.37. The number of carbonyl (C=O) groups is 2. The van der Waals surface area contributed by atoms with Crippen LogP contribution in [-0.4, -0.2) is 23.1 Å². The second-order valence-corrected chi connectivity index (χ2v) is 12.4. The summed E-state index contributed by atoms with van der Waals surface area (Å²) in [5, 5.41) is 5.34. The molecule has 0 spiro atoms. The number of hydrogen-bond donors (Lipinski definition) is 2. The van der Waals surface area contributed by atoms with Crippen molar-refractivity contribution in [2.45, 2.75) is 6.18 Å². The first-order chi connectivity index (χ1) is 20.4. The highest BCUT2D eigenvalue weighted by Crippen LogP contribution is 2.38. The van der Waals surface area contributed by atoms with Crippen LogP contribution in [0.2, 0.25) is 5.02 Å². The van der Waals surface area contributed by atoms with Crippen molar-refractivity contribution in [3.63, 3.8) is 0 Å². The molecule has 1 aromatic heterocycles. The van der Waals surface area contributed by atoms with E-state index in [0.29, 0.717) is 31.2 Å². The van der Waals surface area contributed by atoms with Crippen molar-refractivity contribution in [1.82, 2.24) is 10.4 Å². The first-order valence-electron chi connectivity index (χ1n) is 12.2. The molecule has 2 N–H and O–H groups in total. The number of carbonyl (C=O) groups excluding carboxylic acids is 2. The lowest BCUT2D eigenvalue weighted by molar-refractivity contribution is -0.137. The summed E-state index contributed by atoms with van der Waals surface area (Å²) in [5.41, 5.74) is 3.68. The maximum absolute atomic E-state index is 13.4. The second kappa shape index (κ2) is 12.8. The van der Waals surface area contributed by atoms with Gasteiger partial charge in [-0.15, -0.1) is 0 Å². The summed E-state index contributed by atoms with van der Waals surface area (Å²) in [4.78, 5) is 29.3. The van der Waals surface area contributed by atoms with Crippen molar-refractivity contribution in [1.29, 1.82) is 0 Å². The minimum Gasteiger partial charge on any atom is -0.421 e. The Labute approximate surface area is 278 Å². The molecule has 4 aromatic carbocycles. The van der Waals surface area contributed by atoms with E-state index in [1.54, 1.807) is 24.3 Å². The largest absolute Gasteiger partial charge is 0.421 e. The van der Waals surface area contributed by atoms with Gasteiger partial charge >= 0.3 is 12.1 Å². The van der Waals surface area contributed by atoms with Crippen molar-refractivity contribution >= 4 is 95.0 Å². The van der Waals surface area contributed by atoms with Gasteiger partial charge < -0.3 is 9.72 Å². The zero-order valence-corrected chi connectivity index (χ0v) is 27.5. The fourth-order valence-corrected chi connectivity index (χ4v) is 6.31. The molecule has 0 unspecified atom stereocenters. The van der Waals surface area contributed by atoms with E-state index in [4.69, 9.17) is 16.3 Å². The van der Waals surface area contributed by atoms with Gasteiger partial charge in [0.25, 0.3) is 5.91 Å². The Kier molecular flexibility index (Phi) is 9.30. The van der Waals surface area contributed by atoms with Gasteiger partial charge in [-0.25, -0.2) is 10.2 Å². The molecule has 5 rings (SSSR count). The van der Waals surface area contributed by atoms with Crippen LogP contribution in [0.25, 0.3) is 22.0 Å². The number of nitrogens with zero attached hydrogens (tertiary/aromatic N) is 1. The number of fused-ring (bicyclic) bond motifs is 1. The van der Waals surface area contributed by atoms with Crippen LogP contribution in [0.4, 0.5) is 13.2 Å². The average Bonchev–Trinajstić information content (AvgIpc) is 3.33. The lowest BCUT2D eigenvalue weighted by Crippen LogP contribution is -2.19. The van der Waals surface area contributed by atoms with E-state index in [1.807, 2.05) is 30.3 Å². The van der Waals surface area contributed by atoms with Gasteiger partial charge in [-0.2, -0.15) is 18.3 Å². The molecule has 6 nitrogen and oxygen atoms in total. The maximum Gasteiger partial charge on any atom is 0.416 e. The predicted molar refractivity (Wildman–Crippen MR) is 175 cm³/mol. The van der Waals surface area contributed by atoms with Crippen molar-refractivity contribution in [2.75, 3.05) is 0 Å². The number of H-pyrrole nitrogens is 1. The van der Waals surface area contributed by atoms with Crippen molar-refractivity contribution in [3.05, 3.63) is 119 Å². The first kappa shape index (κ1) is 31.2. The number of alkyl halides is 3. The highest BCUT2D eigenvalue weighted by molar-refractivity contribution is 14.1. The van der Waals surface area contributed by atoms with Gasteiger partial charge in [0.2, 0.25) is 0 Å². The average molecular weight is 846 g/mol. The summed E-state index contributed by atoms with van der Waals surface area (Å²) in [6, 6.07) is 19.9. The number of hydrazone groups is 1. The van der Waals surface area contributed by atoms with E-state index >= 15 is 0 Å². The molecule has 0 bridgehead atoms. The first-order valence-corrected chi connectivity index (χ1v) is 15.2. The molecule has 0 aliphatic rings. The minimum absolute atomic E-state index is 0.0134. The van der Waals surface area contributed by atoms with Crippen LogP contribution in [-0.2, 0) is 6.18 Å². The molecule has 0 fully saturated rings. The number of rotatable bonds is 6. The predicted octanol–water partition coefficient (Wildman–Crippen LogP) is 9.62. The number of ether oxygens (including phenoxy) is 1. The Hall–Kier alpha value is -3.20. The lowest BCUT2D eigenvalue weighted by Gasteiger charge is -2.12. The third kappa shape index (κ3) is 6.97. The number of nitrogens with one attached hydrogen (secondary N) is 2. The fraction of sp³-hybridized carbons (Fsp3) is 0.0333. The molecular formula is C30H16Br2ClF3IN3O3. The number of amides is 1. The molecule has 0 aliphatic heterocycles. The summed E-state index contributed by atoms with van der Waals surface area (Å²) in [7, 11) is 0. The Balaban J connectivity index is 1.44. The zero-order valence-electron chi connectivity index (χ0n) is 21.4. The molecule has 1 amide bonds. The van der Waals surface area contributed by atoms with Gasteiger partial charge in [0.1, 0.15) is 5.69 Å². The summed E-state index contributed by atoms with van der Waals surface area (Å²) < 4.78 is 46.8. The summed E-state index contributed by atoms with van der Waals surface area (Å²) >= 11 is 15.4. The van der Waals surface area contributed by atoms with E-state index in [-0.39, 0.29) is 22.6 Å². The van der Waals surface area contributed by atoms with Crippen LogP contribution in [0.5, 0.6) is 5.75 Å². The second-order valence-electron chi connectivity index (χ2n) is 9.02. The van der Waals surface area contributed by atoms with Gasteiger partial charge in [0.05, 0.1) is 21.8 Å². The molecule has 0 atom stereocenters. The fourth-order valence-electron chi connectivity index (χ4n) is 4.25. The van der Waals surface area contributed by atoms with Crippen molar-refractivity contribution in [2.24, 2.45) is 5.10 Å². The van der Waals surface area contributed by atoms with Crippen molar-refractivity contribution in [3.8, 4) is 16.9 Å². The van der Waals surface area contributed by atoms with Crippen molar-refractivity contribution < 1.29 is 27.5 Å². The Morgan fingerprint density at radius 2 is 1.77 bits per heavy atom. The van der Waals surface area contributed by atoms with Gasteiger partial charge in [-0.1, -0.05) is 51.8 Å². The number of esters is 1. The van der Waals surface area contributed by atoms with Crippen LogP contribution in [0.1, 0.15) is 32.0 Å². The quantitative estimate of drug-likeness (QED) is 0.0588. The standard InChI is InChI=1S/C30H16Br2ClF3IN3O3/c31-18-11-16(27(22(32)12-18)43-29(42)15-4-3-5-17(10-15)30(34,35)36)14-38-40-28(41)26-25(20-6-1-2-7-23(20)33)21-13-19(37)8-9-24(21)39-26/h1-14,39H,(H,40,41). The Bertz CT molecular complexity index is 1930. The molecule has 1 heterocycles. The highest BCUT2D eigenvalue weighted by atomic mass is 127. The zero-order chi connectivity index (χ0) is 30.9. The van der Waals surface area contributed by atoms with E-state index in [1.165, 1.54) is 12.3 Å². The third-order valence-corrected chi connectivity index (χ3v) is 8.21. The van der Waals surface area contributed by atoms with Crippen LogP contribution in [0, 0.1) is 3.57 Å². The number of halogens is 7. The number of benzene rings is 4.